The third kappa shape index (κ3) is 2.31. The van der Waals surface area contributed by atoms with Crippen molar-refractivity contribution in [2.45, 2.75) is 0 Å². The Hall–Kier alpha value is -1.58. The van der Waals surface area contributed by atoms with E-state index in [9.17, 15) is 4.79 Å². The largest absolute Gasteiger partial charge is 0.360 e. The highest BCUT2D eigenvalue weighted by Crippen LogP contribution is 2.25. The summed E-state index contributed by atoms with van der Waals surface area (Å²) >= 11 is 9.33. The molecule has 94 valence electrons. The van der Waals surface area contributed by atoms with Gasteiger partial charge in [-0.2, -0.15) is 0 Å². The fraction of sp³-hybridized carbons (Fsp3) is 0. The standard InChI is InChI=1S/C15H9BrClNO/c16-10-4-5-12-13(8-18-14(12)7-10)15(19)9-2-1-3-11(17)6-9/h1-8,18H. The Bertz CT molecular complexity index is 779. The summed E-state index contributed by atoms with van der Waals surface area (Å²) < 4.78 is 0.976. The summed E-state index contributed by atoms with van der Waals surface area (Å²) in [5, 5.41) is 1.47. The highest BCUT2D eigenvalue weighted by Gasteiger charge is 2.14. The van der Waals surface area contributed by atoms with Crippen molar-refractivity contribution in [1.29, 1.82) is 0 Å². The van der Waals surface area contributed by atoms with Gasteiger partial charge < -0.3 is 4.98 Å². The van der Waals surface area contributed by atoms with Crippen LogP contribution in [0.1, 0.15) is 15.9 Å². The molecule has 0 atom stereocenters. The van der Waals surface area contributed by atoms with Crippen LogP contribution in [-0.4, -0.2) is 10.8 Å². The zero-order valence-electron chi connectivity index (χ0n) is 9.78. The summed E-state index contributed by atoms with van der Waals surface area (Å²) in [7, 11) is 0. The molecular formula is C15H9BrClNO. The number of halogens is 2. The minimum atomic E-state index is -0.0314. The summed E-state index contributed by atoms with van der Waals surface area (Å²) in [6.45, 7) is 0. The molecule has 0 saturated heterocycles. The first-order chi connectivity index (χ1) is 9.15. The van der Waals surface area contributed by atoms with Crippen LogP contribution in [0.5, 0.6) is 0 Å². The number of H-pyrrole nitrogens is 1. The van der Waals surface area contributed by atoms with Crippen LogP contribution in [0.25, 0.3) is 10.9 Å². The van der Waals surface area contributed by atoms with E-state index in [0.29, 0.717) is 16.1 Å². The second-order valence-electron chi connectivity index (χ2n) is 4.23. The van der Waals surface area contributed by atoms with Crippen molar-refractivity contribution in [3.05, 3.63) is 69.3 Å². The van der Waals surface area contributed by atoms with Crippen LogP contribution in [0.15, 0.2) is 53.1 Å². The molecule has 1 heterocycles. The zero-order chi connectivity index (χ0) is 13.4. The van der Waals surface area contributed by atoms with Crippen LogP contribution in [0.4, 0.5) is 0 Å². The quantitative estimate of drug-likeness (QED) is 0.670. The van der Waals surface area contributed by atoms with Crippen molar-refractivity contribution in [2.24, 2.45) is 0 Å². The molecule has 0 radical (unpaired) electrons. The Morgan fingerprint density at radius 1 is 1.16 bits per heavy atom. The maximum Gasteiger partial charge on any atom is 0.195 e. The van der Waals surface area contributed by atoms with Gasteiger partial charge in [-0.3, -0.25) is 4.79 Å². The lowest BCUT2D eigenvalue weighted by Gasteiger charge is -2.00. The number of ketones is 1. The van der Waals surface area contributed by atoms with Crippen molar-refractivity contribution in [1.82, 2.24) is 4.98 Å². The molecule has 3 rings (SSSR count). The molecule has 2 aromatic carbocycles. The molecule has 0 bridgehead atoms. The number of hydrogen-bond donors (Lipinski definition) is 1. The van der Waals surface area contributed by atoms with Crippen molar-refractivity contribution < 1.29 is 4.79 Å². The zero-order valence-corrected chi connectivity index (χ0v) is 12.1. The number of fused-ring (bicyclic) bond motifs is 1. The van der Waals surface area contributed by atoms with E-state index < -0.39 is 0 Å². The monoisotopic (exact) mass is 333 g/mol. The maximum atomic E-state index is 12.5. The van der Waals surface area contributed by atoms with Gasteiger partial charge in [-0.05, 0) is 24.3 Å². The van der Waals surface area contributed by atoms with Crippen LogP contribution >= 0.6 is 27.5 Å². The van der Waals surface area contributed by atoms with Crippen molar-refractivity contribution in [3.63, 3.8) is 0 Å². The molecule has 2 nitrogen and oxygen atoms in total. The minimum Gasteiger partial charge on any atom is -0.360 e. The number of aromatic amines is 1. The average Bonchev–Trinajstić information content (AvgIpc) is 2.80. The minimum absolute atomic E-state index is 0.0314. The van der Waals surface area contributed by atoms with Crippen LogP contribution in [-0.2, 0) is 0 Å². The Morgan fingerprint density at radius 2 is 2.00 bits per heavy atom. The molecule has 0 aliphatic carbocycles. The molecule has 19 heavy (non-hydrogen) atoms. The second-order valence-corrected chi connectivity index (χ2v) is 5.58. The number of carbonyl (C=O) groups excluding carboxylic acids is 1. The SMILES string of the molecule is O=C(c1cccc(Cl)c1)c1c[nH]c2cc(Br)ccc12. The first-order valence-electron chi connectivity index (χ1n) is 5.72. The molecule has 0 unspecified atom stereocenters. The molecule has 0 fully saturated rings. The molecule has 3 aromatic rings. The lowest BCUT2D eigenvalue weighted by molar-refractivity contribution is 0.104. The Kier molecular flexibility index (Phi) is 3.17. The van der Waals surface area contributed by atoms with E-state index in [2.05, 4.69) is 20.9 Å². The highest BCUT2D eigenvalue weighted by atomic mass is 79.9. The molecule has 0 aliphatic rings. The molecule has 1 aromatic heterocycles. The number of hydrogen-bond acceptors (Lipinski definition) is 1. The first kappa shape index (κ1) is 12.5. The number of rotatable bonds is 2. The van der Waals surface area contributed by atoms with Crippen LogP contribution < -0.4 is 0 Å². The van der Waals surface area contributed by atoms with Gasteiger partial charge >= 0.3 is 0 Å². The van der Waals surface area contributed by atoms with Crippen LogP contribution in [0.3, 0.4) is 0 Å². The Labute approximate surface area is 123 Å². The molecule has 0 aliphatic heterocycles. The van der Waals surface area contributed by atoms with Gasteiger partial charge in [0.15, 0.2) is 5.78 Å². The molecule has 4 heteroatoms. The van der Waals surface area contributed by atoms with Gasteiger partial charge in [-0.1, -0.05) is 45.7 Å². The summed E-state index contributed by atoms with van der Waals surface area (Å²) in [5.41, 5.74) is 2.18. The third-order valence-corrected chi connectivity index (χ3v) is 3.70. The van der Waals surface area contributed by atoms with Gasteiger partial charge in [-0.25, -0.2) is 0 Å². The van der Waals surface area contributed by atoms with Gasteiger partial charge in [-0.15, -0.1) is 0 Å². The van der Waals surface area contributed by atoms with E-state index in [1.54, 1.807) is 30.5 Å². The van der Waals surface area contributed by atoms with Crippen molar-refractivity contribution in [2.75, 3.05) is 0 Å². The first-order valence-corrected chi connectivity index (χ1v) is 6.89. The fourth-order valence-electron chi connectivity index (χ4n) is 2.07. The van der Waals surface area contributed by atoms with Gasteiger partial charge in [0.1, 0.15) is 0 Å². The molecular weight excluding hydrogens is 326 g/mol. The average molecular weight is 335 g/mol. The van der Waals surface area contributed by atoms with E-state index in [1.807, 2.05) is 18.2 Å². The van der Waals surface area contributed by atoms with Gasteiger partial charge in [0.05, 0.1) is 0 Å². The van der Waals surface area contributed by atoms with E-state index >= 15 is 0 Å². The van der Waals surface area contributed by atoms with Gasteiger partial charge in [0.2, 0.25) is 0 Å². The van der Waals surface area contributed by atoms with Gasteiger partial charge in [0, 0.05) is 37.7 Å². The van der Waals surface area contributed by atoms with Crippen LogP contribution in [0, 0.1) is 0 Å². The van der Waals surface area contributed by atoms with Crippen molar-refractivity contribution >= 4 is 44.2 Å². The summed E-state index contributed by atoms with van der Waals surface area (Å²) in [6.07, 6.45) is 1.74. The predicted molar refractivity (Wildman–Crippen MR) is 80.9 cm³/mol. The summed E-state index contributed by atoms with van der Waals surface area (Å²) in [4.78, 5) is 15.6. The summed E-state index contributed by atoms with van der Waals surface area (Å²) in [5.74, 6) is -0.0314. The van der Waals surface area contributed by atoms with Crippen molar-refractivity contribution in [3.8, 4) is 0 Å². The number of benzene rings is 2. The number of aromatic nitrogens is 1. The number of nitrogens with one attached hydrogen (secondary N) is 1. The van der Waals surface area contributed by atoms with E-state index in [-0.39, 0.29) is 5.78 Å². The lowest BCUT2D eigenvalue weighted by atomic mass is 10.0. The lowest BCUT2D eigenvalue weighted by Crippen LogP contribution is -1.99. The Balaban J connectivity index is 2.12. The number of carbonyl (C=O) groups is 1. The maximum absolute atomic E-state index is 12.5. The smallest absolute Gasteiger partial charge is 0.195 e. The topological polar surface area (TPSA) is 32.9 Å². The van der Waals surface area contributed by atoms with Gasteiger partial charge in [0.25, 0.3) is 0 Å². The Morgan fingerprint density at radius 3 is 2.79 bits per heavy atom. The van der Waals surface area contributed by atoms with Crippen LogP contribution in [0.2, 0.25) is 5.02 Å². The third-order valence-electron chi connectivity index (χ3n) is 2.98. The summed E-state index contributed by atoms with van der Waals surface area (Å²) in [6, 6.07) is 12.8. The molecule has 0 saturated carbocycles. The second kappa shape index (κ2) is 4.83. The highest BCUT2D eigenvalue weighted by molar-refractivity contribution is 9.10. The van der Waals surface area contributed by atoms with E-state index in [0.717, 1.165) is 15.4 Å². The molecule has 1 N–H and O–H groups in total. The fourth-order valence-corrected chi connectivity index (χ4v) is 2.62. The predicted octanol–water partition coefficient (Wildman–Crippen LogP) is 4.81. The van der Waals surface area contributed by atoms with E-state index in [1.165, 1.54) is 0 Å². The molecule has 0 spiro atoms. The van der Waals surface area contributed by atoms with E-state index in [4.69, 9.17) is 11.6 Å². The molecule has 0 amide bonds. The normalized spacial score (nSPS) is 10.8.